The van der Waals surface area contributed by atoms with Crippen LogP contribution in [0.15, 0.2) is 84.9 Å². The maximum Gasteiger partial charge on any atom is 0.189 e. The second-order valence-electron chi connectivity index (χ2n) is 7.19. The van der Waals surface area contributed by atoms with Gasteiger partial charge in [0.05, 0.1) is 12.7 Å². The molecule has 5 heteroatoms. The number of halogens is 1. The highest BCUT2D eigenvalue weighted by Gasteiger charge is 2.12. The summed E-state index contributed by atoms with van der Waals surface area (Å²) in [7, 11) is 1.60. The smallest absolute Gasteiger partial charge is 0.189 e. The third kappa shape index (κ3) is 4.76. The number of benzene rings is 4. The zero-order valence-corrected chi connectivity index (χ0v) is 18.2. The van der Waals surface area contributed by atoms with Crippen molar-refractivity contribution in [3.05, 3.63) is 107 Å². The topological polar surface area (TPSA) is 55.8 Å². The second kappa shape index (κ2) is 9.58. The number of methoxy groups -OCH3 is 1. The fourth-order valence-corrected chi connectivity index (χ4v) is 3.55. The van der Waals surface area contributed by atoms with E-state index in [1.165, 1.54) is 6.08 Å². The van der Waals surface area contributed by atoms with E-state index in [0.717, 1.165) is 16.5 Å². The molecule has 0 aromatic heterocycles. The first-order valence-electron chi connectivity index (χ1n) is 10.0. The first kappa shape index (κ1) is 21.5. The van der Waals surface area contributed by atoms with Crippen LogP contribution >= 0.6 is 11.6 Å². The molecular weight excluding hydrogens is 424 g/mol. The van der Waals surface area contributed by atoms with E-state index in [-0.39, 0.29) is 17.1 Å². The van der Waals surface area contributed by atoms with Crippen molar-refractivity contribution in [3.8, 4) is 17.2 Å². The Hall–Kier alpha value is -3.76. The molecule has 0 fully saturated rings. The minimum Gasteiger partial charge on any atom is -0.507 e. The number of ether oxygens (including phenoxy) is 2. The number of fused-ring (bicyclic) bond motifs is 1. The number of aromatic hydroxyl groups is 1. The zero-order valence-electron chi connectivity index (χ0n) is 17.4. The third-order valence-electron chi connectivity index (χ3n) is 5.11. The number of hydrogen-bond acceptors (Lipinski definition) is 4. The van der Waals surface area contributed by atoms with Gasteiger partial charge in [0.15, 0.2) is 5.78 Å². The van der Waals surface area contributed by atoms with Crippen molar-refractivity contribution in [2.45, 2.75) is 6.61 Å². The van der Waals surface area contributed by atoms with Gasteiger partial charge >= 0.3 is 0 Å². The highest BCUT2D eigenvalue weighted by molar-refractivity contribution is 6.30. The van der Waals surface area contributed by atoms with Gasteiger partial charge in [-0.25, -0.2) is 0 Å². The average molecular weight is 445 g/mol. The largest absolute Gasteiger partial charge is 0.507 e. The van der Waals surface area contributed by atoms with Gasteiger partial charge < -0.3 is 14.6 Å². The van der Waals surface area contributed by atoms with E-state index in [9.17, 15) is 9.90 Å². The molecule has 0 aliphatic heterocycles. The van der Waals surface area contributed by atoms with Crippen LogP contribution in [0.5, 0.6) is 17.2 Å². The highest BCUT2D eigenvalue weighted by Crippen LogP contribution is 2.29. The van der Waals surface area contributed by atoms with Gasteiger partial charge in [0.1, 0.15) is 23.9 Å². The van der Waals surface area contributed by atoms with Crippen LogP contribution in [0.1, 0.15) is 21.5 Å². The lowest BCUT2D eigenvalue weighted by molar-refractivity contribution is 0.104. The number of phenolic OH excluding ortho intramolecular Hbond substituents is 1. The Kier molecular flexibility index (Phi) is 6.43. The van der Waals surface area contributed by atoms with E-state index in [1.54, 1.807) is 49.6 Å². The van der Waals surface area contributed by atoms with Crippen LogP contribution in [-0.2, 0) is 6.61 Å². The van der Waals surface area contributed by atoms with Crippen molar-refractivity contribution in [2.24, 2.45) is 0 Å². The Morgan fingerprint density at radius 1 is 1.00 bits per heavy atom. The highest BCUT2D eigenvalue weighted by atomic mass is 35.5. The van der Waals surface area contributed by atoms with Crippen LogP contribution in [0, 0.1) is 0 Å². The third-order valence-corrected chi connectivity index (χ3v) is 5.36. The summed E-state index contributed by atoms with van der Waals surface area (Å²) in [6.45, 7) is 0.298. The maximum absolute atomic E-state index is 12.7. The van der Waals surface area contributed by atoms with Crippen LogP contribution in [0.3, 0.4) is 0 Å². The number of ketones is 1. The molecule has 0 heterocycles. The Labute approximate surface area is 191 Å². The van der Waals surface area contributed by atoms with Crippen molar-refractivity contribution < 1.29 is 19.4 Å². The summed E-state index contributed by atoms with van der Waals surface area (Å²) in [6, 6.07) is 23.6. The molecule has 4 aromatic rings. The second-order valence-corrected chi connectivity index (χ2v) is 7.63. The Morgan fingerprint density at radius 3 is 2.56 bits per heavy atom. The standard InChI is InChI=1S/C27H21ClO4/c1-31-26-15-7-18(16-20(26)17-32-22-11-9-21(28)10-12-22)6-14-25(29)24-13-8-19-4-2-3-5-23(19)27(24)30/h2-16,30H,17H2,1H3. The van der Waals surface area contributed by atoms with Gasteiger partial charge in [-0.3, -0.25) is 4.79 Å². The minimum atomic E-state index is -0.275. The summed E-state index contributed by atoms with van der Waals surface area (Å²) in [5, 5.41) is 12.7. The van der Waals surface area contributed by atoms with Crippen LogP contribution in [-0.4, -0.2) is 18.0 Å². The molecule has 32 heavy (non-hydrogen) atoms. The lowest BCUT2D eigenvalue weighted by Crippen LogP contribution is -1.99. The lowest BCUT2D eigenvalue weighted by Gasteiger charge is -2.11. The van der Waals surface area contributed by atoms with E-state index in [1.807, 2.05) is 42.5 Å². The van der Waals surface area contributed by atoms with Crippen molar-refractivity contribution in [3.63, 3.8) is 0 Å². The summed E-state index contributed by atoms with van der Waals surface area (Å²) in [6.07, 6.45) is 3.16. The van der Waals surface area contributed by atoms with E-state index in [2.05, 4.69) is 0 Å². The minimum absolute atomic E-state index is 0.00969. The fraction of sp³-hybridized carbons (Fsp3) is 0.0741. The summed E-state index contributed by atoms with van der Waals surface area (Å²) < 4.78 is 11.3. The molecule has 0 saturated heterocycles. The molecule has 0 spiro atoms. The van der Waals surface area contributed by atoms with Crippen molar-refractivity contribution in [1.82, 2.24) is 0 Å². The first-order chi connectivity index (χ1) is 15.5. The van der Waals surface area contributed by atoms with Crippen LogP contribution in [0.4, 0.5) is 0 Å². The number of phenols is 1. The van der Waals surface area contributed by atoms with E-state index >= 15 is 0 Å². The van der Waals surface area contributed by atoms with Crippen LogP contribution < -0.4 is 9.47 Å². The quantitative estimate of drug-likeness (QED) is 0.255. The molecule has 0 radical (unpaired) electrons. The van der Waals surface area contributed by atoms with E-state index < -0.39 is 0 Å². The SMILES string of the molecule is COc1ccc(C=CC(=O)c2ccc3ccccc3c2O)cc1COc1ccc(Cl)cc1. The average Bonchev–Trinajstić information content (AvgIpc) is 2.82. The van der Waals surface area contributed by atoms with Gasteiger partial charge in [0.25, 0.3) is 0 Å². The van der Waals surface area contributed by atoms with E-state index in [0.29, 0.717) is 28.5 Å². The van der Waals surface area contributed by atoms with Gasteiger partial charge in [-0.15, -0.1) is 0 Å². The van der Waals surface area contributed by atoms with Crippen LogP contribution in [0.25, 0.3) is 16.8 Å². The normalized spacial score (nSPS) is 11.1. The molecule has 4 aromatic carbocycles. The summed E-state index contributed by atoms with van der Waals surface area (Å²) in [5.74, 6) is 1.10. The molecule has 4 nitrogen and oxygen atoms in total. The fourth-order valence-electron chi connectivity index (χ4n) is 3.42. The maximum atomic E-state index is 12.7. The number of allylic oxidation sites excluding steroid dienone is 1. The zero-order chi connectivity index (χ0) is 22.5. The molecule has 0 saturated carbocycles. The number of carbonyl (C=O) groups is 1. The molecule has 1 N–H and O–H groups in total. The van der Waals surface area contributed by atoms with Crippen molar-refractivity contribution in [2.75, 3.05) is 7.11 Å². The Bertz CT molecular complexity index is 1290. The van der Waals surface area contributed by atoms with Gasteiger partial charge in [0.2, 0.25) is 0 Å². The van der Waals surface area contributed by atoms with Gasteiger partial charge in [-0.2, -0.15) is 0 Å². The van der Waals surface area contributed by atoms with Crippen molar-refractivity contribution >= 4 is 34.2 Å². The molecule has 0 unspecified atom stereocenters. The first-order valence-corrected chi connectivity index (χ1v) is 10.4. The number of carbonyl (C=O) groups excluding carboxylic acids is 1. The number of hydrogen-bond donors (Lipinski definition) is 1. The molecule has 4 rings (SSSR count). The van der Waals surface area contributed by atoms with Gasteiger partial charge in [0, 0.05) is 16.0 Å². The summed E-state index contributed by atoms with van der Waals surface area (Å²) in [5.41, 5.74) is 1.92. The predicted octanol–water partition coefficient (Wildman–Crippen LogP) is 6.68. The molecule has 0 bridgehead atoms. The number of rotatable bonds is 7. The van der Waals surface area contributed by atoms with E-state index in [4.69, 9.17) is 21.1 Å². The Morgan fingerprint density at radius 2 is 1.78 bits per heavy atom. The molecule has 160 valence electrons. The van der Waals surface area contributed by atoms with Crippen LogP contribution in [0.2, 0.25) is 5.02 Å². The van der Waals surface area contributed by atoms with Gasteiger partial charge in [-0.1, -0.05) is 54.1 Å². The Balaban J connectivity index is 1.53. The van der Waals surface area contributed by atoms with Crippen molar-refractivity contribution in [1.29, 1.82) is 0 Å². The summed E-state index contributed by atoms with van der Waals surface area (Å²) in [4.78, 5) is 12.7. The molecular formula is C27H21ClO4. The molecule has 0 atom stereocenters. The predicted molar refractivity (Wildman–Crippen MR) is 128 cm³/mol. The molecule has 0 aliphatic rings. The molecule has 0 amide bonds. The monoisotopic (exact) mass is 444 g/mol. The summed E-state index contributed by atoms with van der Waals surface area (Å²) >= 11 is 5.91. The van der Waals surface area contributed by atoms with Gasteiger partial charge in [-0.05, 0) is 59.5 Å². The lowest BCUT2D eigenvalue weighted by atomic mass is 10.0. The molecule has 0 aliphatic carbocycles.